The number of nitrogens with zero attached hydrogens (tertiary/aromatic N) is 3. The number of rotatable bonds is 7. The Morgan fingerprint density at radius 2 is 1.70 bits per heavy atom. The van der Waals surface area contributed by atoms with Gasteiger partial charge in [-0.3, -0.25) is 0 Å². The molecule has 1 aromatic heterocycles. The minimum atomic E-state index is -3.37. The van der Waals surface area contributed by atoms with Crippen LogP contribution in [0.3, 0.4) is 0 Å². The maximum atomic E-state index is 12.2. The summed E-state index contributed by atoms with van der Waals surface area (Å²) in [5.41, 5.74) is 1.75. The molecule has 23 heavy (non-hydrogen) atoms. The lowest BCUT2D eigenvalue weighted by Crippen LogP contribution is -2.18. The SMILES string of the molecule is CCc1nnc(NCCS(=O)(=O)c2ccc(Cl)cc2)nc1CC. The first-order chi connectivity index (χ1) is 11.0. The topological polar surface area (TPSA) is 84.8 Å². The van der Waals surface area contributed by atoms with E-state index in [4.69, 9.17) is 11.6 Å². The largest absolute Gasteiger partial charge is 0.352 e. The van der Waals surface area contributed by atoms with E-state index in [9.17, 15) is 8.42 Å². The average molecular weight is 355 g/mol. The first-order valence-electron chi connectivity index (χ1n) is 7.41. The lowest BCUT2D eigenvalue weighted by molar-refractivity contribution is 0.596. The Bertz CT molecular complexity index is 764. The number of hydrogen-bond donors (Lipinski definition) is 1. The fourth-order valence-corrected chi connectivity index (χ4v) is 3.35. The standard InChI is InChI=1S/C15H19ClN4O2S/c1-3-13-14(4-2)19-20-15(18-13)17-9-10-23(21,22)12-7-5-11(16)6-8-12/h5-8H,3-4,9-10H2,1-2H3,(H,17,18,20). The van der Waals surface area contributed by atoms with Crippen LogP contribution in [0.1, 0.15) is 25.2 Å². The summed E-state index contributed by atoms with van der Waals surface area (Å²) >= 11 is 5.77. The van der Waals surface area contributed by atoms with Gasteiger partial charge in [-0.25, -0.2) is 13.4 Å². The Morgan fingerprint density at radius 3 is 2.30 bits per heavy atom. The van der Waals surface area contributed by atoms with Crippen molar-refractivity contribution in [1.82, 2.24) is 15.2 Å². The van der Waals surface area contributed by atoms with Gasteiger partial charge in [0.05, 0.1) is 22.0 Å². The number of aryl methyl sites for hydroxylation is 2. The van der Waals surface area contributed by atoms with Crippen molar-refractivity contribution < 1.29 is 8.42 Å². The van der Waals surface area contributed by atoms with Crippen molar-refractivity contribution in [3.63, 3.8) is 0 Å². The minimum Gasteiger partial charge on any atom is -0.352 e. The van der Waals surface area contributed by atoms with Gasteiger partial charge in [-0.15, -0.1) is 5.10 Å². The summed E-state index contributed by atoms with van der Waals surface area (Å²) in [5.74, 6) is 0.292. The molecule has 1 heterocycles. The highest BCUT2D eigenvalue weighted by atomic mass is 35.5. The maximum absolute atomic E-state index is 12.2. The van der Waals surface area contributed by atoms with Crippen LogP contribution in [-0.2, 0) is 22.7 Å². The Kier molecular flexibility index (Phi) is 5.90. The average Bonchev–Trinajstić information content (AvgIpc) is 2.55. The van der Waals surface area contributed by atoms with Crippen LogP contribution in [0.5, 0.6) is 0 Å². The van der Waals surface area contributed by atoms with Gasteiger partial charge >= 0.3 is 0 Å². The van der Waals surface area contributed by atoms with Crippen molar-refractivity contribution in [2.45, 2.75) is 31.6 Å². The molecule has 0 unspecified atom stereocenters. The van der Waals surface area contributed by atoms with Crippen molar-refractivity contribution in [2.24, 2.45) is 0 Å². The van der Waals surface area contributed by atoms with Gasteiger partial charge in [0.2, 0.25) is 5.95 Å². The number of aromatic nitrogens is 3. The Labute approximate surface area is 141 Å². The summed E-state index contributed by atoms with van der Waals surface area (Å²) in [6, 6.07) is 6.12. The highest BCUT2D eigenvalue weighted by Gasteiger charge is 2.14. The molecule has 8 heteroatoms. The summed E-state index contributed by atoms with van der Waals surface area (Å²) in [6.45, 7) is 4.20. The van der Waals surface area contributed by atoms with Crippen LogP contribution in [0.25, 0.3) is 0 Å². The van der Waals surface area contributed by atoms with E-state index in [0.717, 1.165) is 24.2 Å². The number of hydrogen-bond acceptors (Lipinski definition) is 6. The molecule has 0 atom stereocenters. The third-order valence-electron chi connectivity index (χ3n) is 3.34. The van der Waals surface area contributed by atoms with Crippen LogP contribution in [0.2, 0.25) is 5.02 Å². The number of nitrogens with one attached hydrogen (secondary N) is 1. The van der Waals surface area contributed by atoms with Gasteiger partial charge in [0.25, 0.3) is 0 Å². The zero-order chi connectivity index (χ0) is 16.9. The van der Waals surface area contributed by atoms with E-state index in [0.29, 0.717) is 11.0 Å². The van der Waals surface area contributed by atoms with E-state index in [1.807, 2.05) is 13.8 Å². The third kappa shape index (κ3) is 4.62. The molecule has 2 rings (SSSR count). The molecule has 0 spiro atoms. The van der Waals surface area contributed by atoms with E-state index < -0.39 is 9.84 Å². The highest BCUT2D eigenvalue weighted by Crippen LogP contribution is 2.15. The number of sulfone groups is 1. The zero-order valence-corrected chi connectivity index (χ0v) is 14.7. The Balaban J connectivity index is 2.00. The first kappa shape index (κ1) is 17.6. The fourth-order valence-electron chi connectivity index (χ4n) is 2.07. The number of benzene rings is 1. The smallest absolute Gasteiger partial charge is 0.243 e. The predicted molar refractivity (Wildman–Crippen MR) is 90.6 cm³/mol. The lowest BCUT2D eigenvalue weighted by Gasteiger charge is -2.08. The molecule has 1 aromatic carbocycles. The summed E-state index contributed by atoms with van der Waals surface area (Å²) < 4.78 is 24.4. The molecular formula is C15H19ClN4O2S. The maximum Gasteiger partial charge on any atom is 0.243 e. The van der Waals surface area contributed by atoms with Crippen LogP contribution < -0.4 is 5.32 Å². The van der Waals surface area contributed by atoms with Gasteiger partial charge in [-0.1, -0.05) is 25.4 Å². The molecular weight excluding hydrogens is 336 g/mol. The summed E-state index contributed by atoms with van der Waals surface area (Å²) in [7, 11) is -3.37. The molecule has 0 radical (unpaired) electrons. The van der Waals surface area contributed by atoms with Gasteiger partial charge in [0.15, 0.2) is 9.84 Å². The normalized spacial score (nSPS) is 11.4. The molecule has 0 bridgehead atoms. The fraction of sp³-hybridized carbons (Fsp3) is 0.400. The van der Waals surface area contributed by atoms with Crippen molar-refractivity contribution in [2.75, 3.05) is 17.6 Å². The van der Waals surface area contributed by atoms with Crippen molar-refractivity contribution >= 4 is 27.4 Å². The van der Waals surface area contributed by atoms with E-state index in [2.05, 4.69) is 20.5 Å². The Morgan fingerprint density at radius 1 is 1.04 bits per heavy atom. The Hall–Kier alpha value is -1.73. The molecule has 0 fully saturated rings. The van der Waals surface area contributed by atoms with Gasteiger partial charge in [0, 0.05) is 11.6 Å². The van der Waals surface area contributed by atoms with Crippen LogP contribution >= 0.6 is 11.6 Å². The molecule has 0 aliphatic rings. The van der Waals surface area contributed by atoms with Crippen LogP contribution in [0.4, 0.5) is 5.95 Å². The molecule has 0 aliphatic carbocycles. The second-order valence-corrected chi connectivity index (χ2v) is 7.48. The summed E-state index contributed by atoms with van der Waals surface area (Å²) in [6.07, 6.45) is 1.53. The van der Waals surface area contributed by atoms with Crippen molar-refractivity contribution in [3.8, 4) is 0 Å². The second kappa shape index (κ2) is 7.70. The molecule has 6 nitrogen and oxygen atoms in total. The minimum absolute atomic E-state index is 0.0605. The van der Waals surface area contributed by atoms with E-state index in [1.54, 1.807) is 12.1 Å². The molecule has 0 aliphatic heterocycles. The molecule has 124 valence electrons. The van der Waals surface area contributed by atoms with E-state index in [-0.39, 0.29) is 17.2 Å². The van der Waals surface area contributed by atoms with Gasteiger partial charge < -0.3 is 5.32 Å². The second-order valence-electron chi connectivity index (χ2n) is 4.94. The van der Waals surface area contributed by atoms with Gasteiger partial charge in [0.1, 0.15) is 0 Å². The summed E-state index contributed by atoms with van der Waals surface area (Å²) in [5, 5.41) is 11.5. The van der Waals surface area contributed by atoms with Crippen molar-refractivity contribution in [3.05, 3.63) is 40.7 Å². The molecule has 0 saturated carbocycles. The molecule has 2 aromatic rings. The monoisotopic (exact) mass is 354 g/mol. The molecule has 0 saturated heterocycles. The van der Waals surface area contributed by atoms with Crippen LogP contribution in [-0.4, -0.2) is 35.9 Å². The van der Waals surface area contributed by atoms with Gasteiger partial charge in [-0.05, 0) is 37.1 Å². The van der Waals surface area contributed by atoms with E-state index in [1.165, 1.54) is 12.1 Å². The lowest BCUT2D eigenvalue weighted by atomic mass is 10.2. The highest BCUT2D eigenvalue weighted by molar-refractivity contribution is 7.91. The molecule has 1 N–H and O–H groups in total. The number of anilines is 1. The molecule has 0 amide bonds. The van der Waals surface area contributed by atoms with Crippen LogP contribution in [0, 0.1) is 0 Å². The van der Waals surface area contributed by atoms with Crippen LogP contribution in [0.15, 0.2) is 29.2 Å². The summed E-state index contributed by atoms with van der Waals surface area (Å²) in [4.78, 5) is 4.62. The third-order valence-corrected chi connectivity index (χ3v) is 5.32. The van der Waals surface area contributed by atoms with Gasteiger partial charge in [-0.2, -0.15) is 5.10 Å². The number of halogens is 1. The first-order valence-corrected chi connectivity index (χ1v) is 9.44. The predicted octanol–water partition coefficient (Wildman–Crippen LogP) is 2.54. The van der Waals surface area contributed by atoms with Crippen molar-refractivity contribution in [1.29, 1.82) is 0 Å². The quantitative estimate of drug-likeness (QED) is 0.822. The zero-order valence-electron chi connectivity index (χ0n) is 13.1. The van der Waals surface area contributed by atoms with E-state index >= 15 is 0 Å².